The highest BCUT2D eigenvalue weighted by molar-refractivity contribution is 7.12. The lowest BCUT2D eigenvalue weighted by Gasteiger charge is -2.35. The van der Waals surface area contributed by atoms with Crippen molar-refractivity contribution in [2.24, 2.45) is 0 Å². The third-order valence-electron chi connectivity index (χ3n) is 4.37. The van der Waals surface area contributed by atoms with Crippen LogP contribution in [0.1, 0.15) is 20.2 Å². The highest BCUT2D eigenvalue weighted by atomic mass is 32.1. The number of carbonyl (C=O) groups excluding carboxylic acids is 2. The van der Waals surface area contributed by atoms with E-state index in [1.807, 2.05) is 34.5 Å². The van der Waals surface area contributed by atoms with Crippen LogP contribution >= 0.6 is 11.3 Å². The molecule has 8 heteroatoms. The first-order chi connectivity index (χ1) is 13.2. The molecular formula is C19H18N4O3S. The number of amides is 2. The summed E-state index contributed by atoms with van der Waals surface area (Å²) < 4.78 is 5.07. The first kappa shape index (κ1) is 17.3. The lowest BCUT2D eigenvalue weighted by molar-refractivity contribution is 0.0751. The second kappa shape index (κ2) is 7.63. The summed E-state index contributed by atoms with van der Waals surface area (Å²) in [6.45, 7) is 2.77. The van der Waals surface area contributed by atoms with E-state index in [4.69, 9.17) is 4.42 Å². The number of nitrogens with one attached hydrogen (secondary N) is 1. The normalized spacial score (nSPS) is 14.2. The number of hydrogen-bond donors (Lipinski definition) is 1. The molecule has 1 saturated heterocycles. The molecule has 0 aromatic carbocycles. The van der Waals surface area contributed by atoms with Crippen molar-refractivity contribution in [3.05, 3.63) is 64.9 Å². The summed E-state index contributed by atoms with van der Waals surface area (Å²) in [5, 5.41) is 4.66. The number of pyridine rings is 1. The zero-order valence-electron chi connectivity index (χ0n) is 14.5. The molecule has 0 saturated carbocycles. The third-order valence-corrected chi connectivity index (χ3v) is 5.23. The number of aromatic nitrogens is 1. The van der Waals surface area contributed by atoms with Gasteiger partial charge in [-0.3, -0.25) is 9.59 Å². The summed E-state index contributed by atoms with van der Waals surface area (Å²) in [5.41, 5.74) is 0.603. The molecule has 3 aromatic heterocycles. The summed E-state index contributed by atoms with van der Waals surface area (Å²) in [7, 11) is 0. The maximum Gasteiger partial charge on any atom is 0.291 e. The number of carbonyl (C=O) groups is 2. The van der Waals surface area contributed by atoms with E-state index in [2.05, 4.69) is 15.2 Å². The largest absolute Gasteiger partial charge is 0.459 e. The maximum absolute atomic E-state index is 12.4. The van der Waals surface area contributed by atoms with Gasteiger partial charge in [0.15, 0.2) is 5.76 Å². The second-order valence-corrected chi connectivity index (χ2v) is 7.04. The molecule has 1 aliphatic heterocycles. The van der Waals surface area contributed by atoms with Crippen LogP contribution in [0.15, 0.2) is 58.7 Å². The molecule has 2 amide bonds. The molecular weight excluding hydrogens is 364 g/mol. The van der Waals surface area contributed by atoms with E-state index >= 15 is 0 Å². The number of thiophene rings is 1. The Labute approximate surface area is 160 Å². The van der Waals surface area contributed by atoms with Gasteiger partial charge in [-0.1, -0.05) is 6.07 Å². The van der Waals surface area contributed by atoms with E-state index in [0.29, 0.717) is 18.8 Å². The molecule has 0 unspecified atom stereocenters. The van der Waals surface area contributed by atoms with Crippen molar-refractivity contribution in [2.45, 2.75) is 0 Å². The topological polar surface area (TPSA) is 78.7 Å². The van der Waals surface area contributed by atoms with Crippen molar-refractivity contribution < 1.29 is 14.0 Å². The van der Waals surface area contributed by atoms with Crippen LogP contribution in [-0.2, 0) is 0 Å². The fraction of sp³-hybridized carbons (Fsp3) is 0.211. The van der Waals surface area contributed by atoms with Gasteiger partial charge in [-0.15, -0.1) is 11.3 Å². The number of piperazine rings is 1. The summed E-state index contributed by atoms with van der Waals surface area (Å²) in [6.07, 6.45) is 3.08. The molecule has 4 rings (SSSR count). The minimum absolute atomic E-state index is 0.0913. The van der Waals surface area contributed by atoms with E-state index in [-0.39, 0.29) is 17.6 Å². The van der Waals surface area contributed by atoms with Crippen molar-refractivity contribution in [1.82, 2.24) is 9.88 Å². The quantitative estimate of drug-likeness (QED) is 0.751. The molecule has 1 N–H and O–H groups in total. The summed E-state index contributed by atoms with van der Waals surface area (Å²) >= 11 is 1.47. The minimum Gasteiger partial charge on any atom is -0.459 e. The van der Waals surface area contributed by atoms with Crippen LogP contribution in [0.5, 0.6) is 0 Å². The van der Waals surface area contributed by atoms with E-state index in [1.54, 1.807) is 18.3 Å². The van der Waals surface area contributed by atoms with Crippen LogP contribution in [0.4, 0.5) is 11.5 Å². The van der Waals surface area contributed by atoms with E-state index < -0.39 is 0 Å². The SMILES string of the molecule is O=C(Nc1ccc(N2CCN(C(=O)c3cccs3)CC2)nc1)c1ccco1. The molecule has 0 atom stereocenters. The average Bonchev–Trinajstić information content (AvgIpc) is 3.42. The Morgan fingerprint density at radius 2 is 1.93 bits per heavy atom. The molecule has 1 fully saturated rings. The van der Waals surface area contributed by atoms with Crippen LogP contribution in [0.3, 0.4) is 0 Å². The third kappa shape index (κ3) is 3.85. The molecule has 4 heterocycles. The van der Waals surface area contributed by atoms with Gasteiger partial charge in [0.1, 0.15) is 5.82 Å². The molecule has 138 valence electrons. The monoisotopic (exact) mass is 382 g/mol. The van der Waals surface area contributed by atoms with Crippen molar-refractivity contribution in [2.75, 3.05) is 36.4 Å². The maximum atomic E-state index is 12.4. The van der Waals surface area contributed by atoms with Crippen LogP contribution in [0.2, 0.25) is 0 Å². The number of rotatable bonds is 4. The van der Waals surface area contributed by atoms with Gasteiger partial charge >= 0.3 is 0 Å². The first-order valence-corrected chi connectivity index (χ1v) is 9.47. The summed E-state index contributed by atoms with van der Waals surface area (Å²) in [4.78, 5) is 33.6. The van der Waals surface area contributed by atoms with Crippen molar-refractivity contribution in [3.63, 3.8) is 0 Å². The highest BCUT2D eigenvalue weighted by Crippen LogP contribution is 2.19. The van der Waals surface area contributed by atoms with E-state index in [1.165, 1.54) is 17.6 Å². The molecule has 3 aromatic rings. The molecule has 1 aliphatic rings. The zero-order valence-corrected chi connectivity index (χ0v) is 15.3. The number of furan rings is 1. The van der Waals surface area contributed by atoms with Gasteiger partial charge in [-0.2, -0.15) is 0 Å². The van der Waals surface area contributed by atoms with Gasteiger partial charge in [0.2, 0.25) is 0 Å². The lowest BCUT2D eigenvalue weighted by atomic mass is 10.2. The Balaban J connectivity index is 1.33. The predicted molar refractivity (Wildman–Crippen MR) is 103 cm³/mol. The molecule has 0 aliphatic carbocycles. The summed E-state index contributed by atoms with van der Waals surface area (Å²) in [6, 6.07) is 10.7. The van der Waals surface area contributed by atoms with Gasteiger partial charge in [-0.05, 0) is 35.7 Å². The standard InChI is InChI=1S/C19H18N4O3S/c24-18(15-3-1-11-26-15)21-14-5-6-17(20-13-14)22-7-9-23(10-8-22)19(25)16-4-2-12-27-16/h1-6,11-13H,7-10H2,(H,21,24). The molecule has 0 radical (unpaired) electrons. The van der Waals surface area contributed by atoms with E-state index in [9.17, 15) is 9.59 Å². The predicted octanol–water partition coefficient (Wildman–Crippen LogP) is 2.95. The van der Waals surface area contributed by atoms with Crippen molar-refractivity contribution >= 4 is 34.7 Å². The van der Waals surface area contributed by atoms with Crippen LogP contribution < -0.4 is 10.2 Å². The zero-order chi connectivity index (χ0) is 18.6. The van der Waals surface area contributed by atoms with Gasteiger partial charge < -0.3 is 19.5 Å². The molecule has 7 nitrogen and oxygen atoms in total. The molecule has 27 heavy (non-hydrogen) atoms. The van der Waals surface area contributed by atoms with Crippen LogP contribution in [-0.4, -0.2) is 47.9 Å². The van der Waals surface area contributed by atoms with Gasteiger partial charge in [0.25, 0.3) is 11.8 Å². The van der Waals surface area contributed by atoms with Gasteiger partial charge in [-0.25, -0.2) is 4.98 Å². The minimum atomic E-state index is -0.310. The Morgan fingerprint density at radius 1 is 1.07 bits per heavy atom. The van der Waals surface area contributed by atoms with E-state index in [0.717, 1.165) is 23.8 Å². The Hall–Kier alpha value is -3.13. The molecule has 0 spiro atoms. The smallest absolute Gasteiger partial charge is 0.291 e. The fourth-order valence-electron chi connectivity index (χ4n) is 2.94. The Bertz CT molecular complexity index is 899. The van der Waals surface area contributed by atoms with Crippen LogP contribution in [0, 0.1) is 0 Å². The van der Waals surface area contributed by atoms with Crippen molar-refractivity contribution in [3.8, 4) is 0 Å². The van der Waals surface area contributed by atoms with Crippen LogP contribution in [0.25, 0.3) is 0 Å². The summed E-state index contributed by atoms with van der Waals surface area (Å²) in [5.74, 6) is 0.865. The average molecular weight is 382 g/mol. The van der Waals surface area contributed by atoms with Gasteiger partial charge in [0, 0.05) is 26.2 Å². The molecule has 0 bridgehead atoms. The second-order valence-electron chi connectivity index (χ2n) is 6.09. The number of nitrogens with zero attached hydrogens (tertiary/aromatic N) is 3. The van der Waals surface area contributed by atoms with Gasteiger partial charge in [0.05, 0.1) is 23.0 Å². The fourth-order valence-corrected chi connectivity index (χ4v) is 3.63. The first-order valence-electron chi connectivity index (χ1n) is 8.59. The Morgan fingerprint density at radius 3 is 2.56 bits per heavy atom. The number of hydrogen-bond acceptors (Lipinski definition) is 6. The number of anilines is 2. The Kier molecular flexibility index (Phi) is 4.88. The van der Waals surface area contributed by atoms with Crippen molar-refractivity contribution in [1.29, 1.82) is 0 Å². The highest BCUT2D eigenvalue weighted by Gasteiger charge is 2.23. The lowest BCUT2D eigenvalue weighted by Crippen LogP contribution is -2.48.